The smallest absolute Gasteiger partial charge is 0.341 e. The molecule has 0 fully saturated rings. The Bertz CT molecular complexity index is 1260. The van der Waals surface area contributed by atoms with E-state index in [1.807, 2.05) is 6.07 Å². The van der Waals surface area contributed by atoms with E-state index in [1.54, 1.807) is 30.3 Å². The van der Waals surface area contributed by atoms with Crippen molar-refractivity contribution in [3.05, 3.63) is 76.3 Å². The van der Waals surface area contributed by atoms with Gasteiger partial charge in [-0.05, 0) is 52.2 Å². The Morgan fingerprint density at radius 1 is 0.962 bits per heavy atom. The standard InChI is InChI=1S/C20H12FNO4/c21-17-8-13(7-15-18(17)22-9-16(19(15)24)20(25)26)11-1-2-12-6-14(23)4-3-10(12)5-11/h1-9,23H,(H,22,24)(H,25,26). The lowest BCUT2D eigenvalue weighted by Gasteiger charge is -2.08. The van der Waals surface area contributed by atoms with Gasteiger partial charge in [-0.2, -0.15) is 0 Å². The molecule has 5 nitrogen and oxygen atoms in total. The van der Waals surface area contributed by atoms with Gasteiger partial charge in [0.1, 0.15) is 17.1 Å². The zero-order valence-corrected chi connectivity index (χ0v) is 13.3. The molecular weight excluding hydrogens is 337 g/mol. The van der Waals surface area contributed by atoms with Crippen molar-refractivity contribution in [1.82, 2.24) is 4.98 Å². The van der Waals surface area contributed by atoms with E-state index in [1.165, 1.54) is 12.1 Å². The van der Waals surface area contributed by atoms with Crippen molar-refractivity contribution in [3.8, 4) is 16.9 Å². The van der Waals surface area contributed by atoms with Crippen LogP contribution in [-0.2, 0) is 0 Å². The van der Waals surface area contributed by atoms with Crippen LogP contribution >= 0.6 is 0 Å². The Kier molecular flexibility index (Phi) is 3.47. The van der Waals surface area contributed by atoms with Crippen LogP contribution in [0.15, 0.2) is 59.5 Å². The summed E-state index contributed by atoms with van der Waals surface area (Å²) in [5, 5.41) is 20.3. The first kappa shape index (κ1) is 15.8. The Balaban J connectivity index is 1.97. The number of carboxylic acid groups (broad SMARTS) is 1. The number of carbonyl (C=O) groups is 1. The van der Waals surface area contributed by atoms with Crippen molar-refractivity contribution in [1.29, 1.82) is 0 Å². The lowest BCUT2D eigenvalue weighted by molar-refractivity contribution is 0.0695. The molecule has 0 aliphatic heterocycles. The van der Waals surface area contributed by atoms with E-state index in [2.05, 4.69) is 4.98 Å². The first-order valence-corrected chi connectivity index (χ1v) is 7.75. The third kappa shape index (κ3) is 2.48. The molecule has 1 heterocycles. The average molecular weight is 349 g/mol. The molecule has 3 N–H and O–H groups in total. The molecule has 0 bridgehead atoms. The zero-order chi connectivity index (χ0) is 18.4. The third-order valence-corrected chi connectivity index (χ3v) is 4.33. The highest BCUT2D eigenvalue weighted by molar-refractivity contribution is 5.95. The summed E-state index contributed by atoms with van der Waals surface area (Å²) in [7, 11) is 0. The fourth-order valence-electron chi connectivity index (χ4n) is 3.03. The molecule has 6 heteroatoms. The molecule has 3 aromatic carbocycles. The van der Waals surface area contributed by atoms with Gasteiger partial charge in [0, 0.05) is 11.6 Å². The molecule has 1 aromatic heterocycles. The van der Waals surface area contributed by atoms with Gasteiger partial charge in [-0.1, -0.05) is 18.2 Å². The van der Waals surface area contributed by atoms with Crippen LogP contribution in [-0.4, -0.2) is 21.2 Å². The van der Waals surface area contributed by atoms with Crippen molar-refractivity contribution >= 4 is 27.6 Å². The summed E-state index contributed by atoms with van der Waals surface area (Å²) in [6.45, 7) is 0. The van der Waals surface area contributed by atoms with Gasteiger partial charge < -0.3 is 15.2 Å². The summed E-state index contributed by atoms with van der Waals surface area (Å²) < 4.78 is 14.5. The Hall–Kier alpha value is -3.67. The Morgan fingerprint density at radius 2 is 1.69 bits per heavy atom. The third-order valence-electron chi connectivity index (χ3n) is 4.33. The van der Waals surface area contributed by atoms with Crippen molar-refractivity contribution in [2.24, 2.45) is 0 Å². The molecule has 0 radical (unpaired) electrons. The number of H-pyrrole nitrogens is 1. The molecule has 0 aliphatic carbocycles. The fourth-order valence-corrected chi connectivity index (χ4v) is 3.03. The maximum atomic E-state index is 14.5. The van der Waals surface area contributed by atoms with Crippen LogP contribution in [0.5, 0.6) is 5.75 Å². The number of halogens is 1. The molecule has 26 heavy (non-hydrogen) atoms. The average Bonchev–Trinajstić information content (AvgIpc) is 2.61. The molecule has 0 saturated carbocycles. The molecule has 0 unspecified atom stereocenters. The summed E-state index contributed by atoms with van der Waals surface area (Å²) >= 11 is 0. The van der Waals surface area contributed by atoms with Gasteiger partial charge in [0.25, 0.3) is 0 Å². The number of benzene rings is 3. The number of aromatic nitrogens is 1. The summed E-state index contributed by atoms with van der Waals surface area (Å²) in [5.74, 6) is -1.86. The van der Waals surface area contributed by atoms with Crippen molar-refractivity contribution in [2.75, 3.05) is 0 Å². The molecule has 4 aromatic rings. The van der Waals surface area contributed by atoms with E-state index in [9.17, 15) is 19.1 Å². The van der Waals surface area contributed by atoms with Crippen molar-refractivity contribution in [2.45, 2.75) is 0 Å². The monoisotopic (exact) mass is 349 g/mol. The maximum absolute atomic E-state index is 14.5. The summed E-state index contributed by atoms with van der Waals surface area (Å²) in [4.78, 5) is 26.0. The van der Waals surface area contributed by atoms with Gasteiger partial charge in [-0.25, -0.2) is 9.18 Å². The highest BCUT2D eigenvalue weighted by atomic mass is 19.1. The number of hydrogen-bond donors (Lipinski definition) is 3. The first-order valence-electron chi connectivity index (χ1n) is 7.75. The number of aromatic hydroxyl groups is 1. The minimum Gasteiger partial charge on any atom is -0.508 e. The zero-order valence-electron chi connectivity index (χ0n) is 13.3. The normalized spacial score (nSPS) is 11.1. The number of pyridine rings is 1. The molecule has 4 rings (SSSR count). The summed E-state index contributed by atoms with van der Waals surface area (Å²) in [6.07, 6.45) is 0.998. The lowest BCUT2D eigenvalue weighted by Crippen LogP contribution is -2.15. The lowest BCUT2D eigenvalue weighted by atomic mass is 9.99. The van der Waals surface area contributed by atoms with Gasteiger partial charge in [-0.3, -0.25) is 4.79 Å². The molecule has 128 valence electrons. The van der Waals surface area contributed by atoms with Crippen LogP contribution in [0.1, 0.15) is 10.4 Å². The Morgan fingerprint density at radius 3 is 2.46 bits per heavy atom. The van der Waals surface area contributed by atoms with E-state index in [-0.39, 0.29) is 16.7 Å². The predicted octanol–water partition coefficient (Wildman–Crippen LogP) is 3.89. The van der Waals surface area contributed by atoms with Gasteiger partial charge in [0.05, 0.1) is 5.52 Å². The number of aromatic amines is 1. The number of fused-ring (bicyclic) bond motifs is 2. The number of nitrogens with one attached hydrogen (secondary N) is 1. The number of carboxylic acids is 1. The van der Waals surface area contributed by atoms with Crippen LogP contribution in [0, 0.1) is 5.82 Å². The van der Waals surface area contributed by atoms with Crippen LogP contribution in [0.4, 0.5) is 4.39 Å². The minimum atomic E-state index is -1.37. The van der Waals surface area contributed by atoms with Crippen LogP contribution in [0.25, 0.3) is 32.8 Å². The van der Waals surface area contributed by atoms with Gasteiger partial charge in [0.15, 0.2) is 0 Å². The fraction of sp³-hybridized carbons (Fsp3) is 0. The molecular formula is C20H12FNO4. The largest absolute Gasteiger partial charge is 0.508 e. The van der Waals surface area contributed by atoms with E-state index in [4.69, 9.17) is 5.11 Å². The molecule has 0 amide bonds. The number of phenolic OH excluding ortho intramolecular Hbond substituents is 1. The highest BCUT2D eigenvalue weighted by Gasteiger charge is 2.15. The maximum Gasteiger partial charge on any atom is 0.341 e. The van der Waals surface area contributed by atoms with Crippen molar-refractivity contribution in [3.63, 3.8) is 0 Å². The number of hydrogen-bond acceptors (Lipinski definition) is 3. The predicted molar refractivity (Wildman–Crippen MR) is 96.1 cm³/mol. The van der Waals surface area contributed by atoms with E-state index >= 15 is 0 Å². The molecule has 0 spiro atoms. The number of phenols is 1. The summed E-state index contributed by atoms with van der Waals surface area (Å²) in [6, 6.07) is 13.0. The second kappa shape index (κ2) is 5.70. The minimum absolute atomic E-state index is 0.0225. The second-order valence-corrected chi connectivity index (χ2v) is 5.96. The number of rotatable bonds is 2. The van der Waals surface area contributed by atoms with Gasteiger partial charge >= 0.3 is 5.97 Å². The SMILES string of the molecule is O=C(O)c1c[nH]c2c(F)cc(-c3ccc4cc(O)ccc4c3)cc2c1=O. The summed E-state index contributed by atoms with van der Waals surface area (Å²) in [5.41, 5.74) is -0.0858. The molecule has 0 saturated heterocycles. The first-order chi connectivity index (χ1) is 12.4. The van der Waals surface area contributed by atoms with Crippen LogP contribution < -0.4 is 5.43 Å². The highest BCUT2D eigenvalue weighted by Crippen LogP contribution is 2.29. The Labute approximate surface area is 146 Å². The quantitative estimate of drug-likeness (QED) is 0.512. The topological polar surface area (TPSA) is 90.4 Å². The van der Waals surface area contributed by atoms with E-state index < -0.39 is 22.8 Å². The second-order valence-electron chi connectivity index (χ2n) is 5.96. The van der Waals surface area contributed by atoms with Gasteiger partial charge in [-0.15, -0.1) is 0 Å². The van der Waals surface area contributed by atoms with E-state index in [0.717, 1.165) is 17.0 Å². The van der Waals surface area contributed by atoms with Crippen LogP contribution in [0.2, 0.25) is 0 Å². The van der Waals surface area contributed by atoms with Gasteiger partial charge in [0.2, 0.25) is 5.43 Å². The van der Waals surface area contributed by atoms with E-state index in [0.29, 0.717) is 11.1 Å². The molecule has 0 aliphatic rings. The molecule has 0 atom stereocenters. The van der Waals surface area contributed by atoms with Crippen molar-refractivity contribution < 1.29 is 19.4 Å². The van der Waals surface area contributed by atoms with Crippen LogP contribution in [0.3, 0.4) is 0 Å². The number of aromatic carboxylic acids is 1.